The number of carboxylic acid groups (broad SMARTS) is 1. The molecular weight excluding hydrogens is 270 g/mol. The largest absolute Gasteiger partial charge is 0.478 e. The number of rotatable bonds is 5. The second-order valence-corrected chi connectivity index (χ2v) is 4.20. The number of ether oxygens (including phenoxy) is 1. The average molecular weight is 282 g/mol. The Hall–Kier alpha value is -2.08. The van der Waals surface area contributed by atoms with E-state index in [4.69, 9.17) is 21.4 Å². The third-order valence-corrected chi connectivity index (χ3v) is 2.73. The Morgan fingerprint density at radius 2 is 2.37 bits per heavy atom. The standard InChI is InChI=1S/C12H12ClN3O3/c1-2-5-16-7-8(6-15-16)19-11-10(13)9(12(17)18)3-4-14-11/h3-4,6-7H,2,5H2,1H3,(H,17,18). The summed E-state index contributed by atoms with van der Waals surface area (Å²) < 4.78 is 7.16. The molecule has 1 N–H and O–H groups in total. The van der Waals surface area contributed by atoms with Crippen LogP contribution < -0.4 is 4.74 Å². The van der Waals surface area contributed by atoms with E-state index in [0.29, 0.717) is 5.75 Å². The molecule has 2 heterocycles. The summed E-state index contributed by atoms with van der Waals surface area (Å²) in [7, 11) is 0. The fourth-order valence-corrected chi connectivity index (χ4v) is 1.75. The first-order chi connectivity index (χ1) is 9.11. The van der Waals surface area contributed by atoms with Crippen molar-refractivity contribution in [1.82, 2.24) is 14.8 Å². The van der Waals surface area contributed by atoms with Crippen LogP contribution in [0.3, 0.4) is 0 Å². The van der Waals surface area contributed by atoms with Crippen molar-refractivity contribution in [3.05, 3.63) is 35.2 Å². The predicted octanol–water partition coefficient (Wildman–Crippen LogP) is 2.83. The second kappa shape index (κ2) is 5.71. The van der Waals surface area contributed by atoms with Gasteiger partial charge in [0.05, 0.1) is 18.0 Å². The molecule has 0 aliphatic carbocycles. The van der Waals surface area contributed by atoms with Gasteiger partial charge >= 0.3 is 5.97 Å². The van der Waals surface area contributed by atoms with E-state index in [1.54, 1.807) is 10.9 Å². The Morgan fingerprint density at radius 3 is 3.05 bits per heavy atom. The molecule has 0 bridgehead atoms. The third kappa shape index (κ3) is 3.03. The smallest absolute Gasteiger partial charge is 0.337 e. The highest BCUT2D eigenvalue weighted by molar-refractivity contribution is 6.34. The summed E-state index contributed by atoms with van der Waals surface area (Å²) in [4.78, 5) is 14.8. The van der Waals surface area contributed by atoms with Gasteiger partial charge in [0.2, 0.25) is 5.88 Å². The third-order valence-electron chi connectivity index (χ3n) is 2.36. The molecular formula is C12H12ClN3O3. The maximum absolute atomic E-state index is 10.9. The van der Waals surface area contributed by atoms with Crippen molar-refractivity contribution in [2.24, 2.45) is 0 Å². The van der Waals surface area contributed by atoms with Crippen LogP contribution in [0, 0.1) is 0 Å². The number of hydrogen-bond donors (Lipinski definition) is 1. The number of aryl methyl sites for hydroxylation is 1. The fourth-order valence-electron chi connectivity index (χ4n) is 1.52. The molecule has 0 aromatic carbocycles. The lowest BCUT2D eigenvalue weighted by atomic mass is 10.3. The van der Waals surface area contributed by atoms with Gasteiger partial charge in [-0.2, -0.15) is 5.10 Å². The van der Waals surface area contributed by atoms with E-state index in [-0.39, 0.29) is 16.5 Å². The van der Waals surface area contributed by atoms with Crippen molar-refractivity contribution in [3.8, 4) is 11.6 Å². The highest BCUT2D eigenvalue weighted by Crippen LogP contribution is 2.29. The average Bonchev–Trinajstić information content (AvgIpc) is 2.79. The minimum atomic E-state index is -1.13. The van der Waals surface area contributed by atoms with Crippen molar-refractivity contribution in [3.63, 3.8) is 0 Å². The minimum Gasteiger partial charge on any atom is -0.478 e. The van der Waals surface area contributed by atoms with Gasteiger partial charge in [-0.25, -0.2) is 9.78 Å². The molecule has 0 radical (unpaired) electrons. The quantitative estimate of drug-likeness (QED) is 0.912. The number of aromatic carboxylic acids is 1. The van der Waals surface area contributed by atoms with E-state index in [1.807, 2.05) is 6.92 Å². The Labute approximate surface area is 114 Å². The van der Waals surface area contributed by atoms with Crippen LogP contribution in [0.1, 0.15) is 23.7 Å². The zero-order chi connectivity index (χ0) is 13.8. The molecule has 0 aliphatic heterocycles. The van der Waals surface area contributed by atoms with Crippen molar-refractivity contribution in [1.29, 1.82) is 0 Å². The normalized spacial score (nSPS) is 10.4. The van der Waals surface area contributed by atoms with Crippen molar-refractivity contribution >= 4 is 17.6 Å². The number of nitrogens with zero attached hydrogens (tertiary/aromatic N) is 3. The van der Waals surface area contributed by atoms with E-state index in [1.165, 1.54) is 18.5 Å². The Kier molecular flexibility index (Phi) is 4.01. The zero-order valence-electron chi connectivity index (χ0n) is 10.2. The summed E-state index contributed by atoms with van der Waals surface area (Å²) in [6.07, 6.45) is 5.52. The van der Waals surface area contributed by atoms with Crippen LogP contribution in [0.2, 0.25) is 5.02 Å². The topological polar surface area (TPSA) is 77.2 Å². The summed E-state index contributed by atoms with van der Waals surface area (Å²) in [5, 5.41) is 13.0. The SMILES string of the molecule is CCCn1cc(Oc2nccc(C(=O)O)c2Cl)cn1. The number of aromatic nitrogens is 3. The van der Waals surface area contributed by atoms with Crippen LogP contribution in [0.5, 0.6) is 11.6 Å². The number of halogens is 1. The molecule has 7 heteroatoms. The molecule has 0 amide bonds. The molecule has 0 unspecified atom stereocenters. The molecule has 0 saturated heterocycles. The second-order valence-electron chi connectivity index (χ2n) is 3.82. The minimum absolute atomic E-state index is 0.0294. The van der Waals surface area contributed by atoms with Gasteiger partial charge in [0.1, 0.15) is 5.02 Å². The Balaban J connectivity index is 2.23. The molecule has 0 saturated carbocycles. The summed E-state index contributed by atoms with van der Waals surface area (Å²) >= 11 is 5.93. The molecule has 0 atom stereocenters. The number of carbonyl (C=O) groups is 1. The number of pyridine rings is 1. The molecule has 0 spiro atoms. The summed E-state index contributed by atoms with van der Waals surface area (Å²) in [6.45, 7) is 2.82. The molecule has 2 rings (SSSR count). The maximum Gasteiger partial charge on any atom is 0.337 e. The molecule has 0 aliphatic rings. The van der Waals surface area contributed by atoms with Gasteiger partial charge in [0, 0.05) is 12.7 Å². The van der Waals surface area contributed by atoms with Gasteiger partial charge < -0.3 is 9.84 Å². The van der Waals surface area contributed by atoms with Gasteiger partial charge in [-0.15, -0.1) is 0 Å². The maximum atomic E-state index is 10.9. The predicted molar refractivity (Wildman–Crippen MR) is 68.8 cm³/mol. The van der Waals surface area contributed by atoms with Gasteiger partial charge in [-0.05, 0) is 12.5 Å². The highest BCUT2D eigenvalue weighted by atomic mass is 35.5. The molecule has 0 fully saturated rings. The van der Waals surface area contributed by atoms with E-state index < -0.39 is 5.97 Å². The van der Waals surface area contributed by atoms with Crippen LogP contribution in [0.4, 0.5) is 0 Å². The van der Waals surface area contributed by atoms with E-state index in [9.17, 15) is 4.79 Å². The Morgan fingerprint density at radius 1 is 1.58 bits per heavy atom. The van der Waals surface area contributed by atoms with Gasteiger partial charge in [-0.3, -0.25) is 4.68 Å². The monoisotopic (exact) mass is 281 g/mol. The lowest BCUT2D eigenvalue weighted by molar-refractivity contribution is 0.0696. The first-order valence-corrected chi connectivity index (χ1v) is 6.07. The van der Waals surface area contributed by atoms with E-state index in [0.717, 1.165) is 13.0 Å². The van der Waals surface area contributed by atoms with Crippen LogP contribution in [-0.2, 0) is 6.54 Å². The first-order valence-electron chi connectivity index (χ1n) is 5.70. The lowest BCUT2D eigenvalue weighted by Crippen LogP contribution is -2.00. The van der Waals surface area contributed by atoms with Gasteiger partial charge in [0.25, 0.3) is 0 Å². The number of hydrogen-bond acceptors (Lipinski definition) is 4. The van der Waals surface area contributed by atoms with Crippen molar-refractivity contribution < 1.29 is 14.6 Å². The number of carboxylic acids is 1. The van der Waals surface area contributed by atoms with Crippen LogP contribution >= 0.6 is 11.6 Å². The first kappa shape index (κ1) is 13.4. The van der Waals surface area contributed by atoms with E-state index in [2.05, 4.69) is 10.1 Å². The molecule has 6 nitrogen and oxygen atoms in total. The fraction of sp³-hybridized carbons (Fsp3) is 0.250. The lowest BCUT2D eigenvalue weighted by Gasteiger charge is -2.05. The summed E-state index contributed by atoms with van der Waals surface area (Å²) in [6, 6.07) is 1.32. The van der Waals surface area contributed by atoms with Gasteiger partial charge in [-0.1, -0.05) is 18.5 Å². The summed E-state index contributed by atoms with van der Waals surface area (Å²) in [5.41, 5.74) is -0.0485. The van der Waals surface area contributed by atoms with Gasteiger partial charge in [0.15, 0.2) is 5.75 Å². The zero-order valence-corrected chi connectivity index (χ0v) is 11.0. The van der Waals surface area contributed by atoms with Crippen LogP contribution in [-0.4, -0.2) is 25.8 Å². The van der Waals surface area contributed by atoms with Crippen LogP contribution in [0.15, 0.2) is 24.7 Å². The molecule has 2 aromatic heterocycles. The van der Waals surface area contributed by atoms with Crippen molar-refractivity contribution in [2.45, 2.75) is 19.9 Å². The molecule has 100 valence electrons. The Bertz CT molecular complexity index is 598. The van der Waals surface area contributed by atoms with Crippen molar-refractivity contribution in [2.75, 3.05) is 0 Å². The molecule has 2 aromatic rings. The van der Waals surface area contributed by atoms with E-state index >= 15 is 0 Å². The highest BCUT2D eigenvalue weighted by Gasteiger charge is 2.15. The van der Waals surface area contributed by atoms with Crippen LogP contribution in [0.25, 0.3) is 0 Å². The summed E-state index contributed by atoms with van der Waals surface area (Å²) in [5.74, 6) is -0.609. The molecule has 19 heavy (non-hydrogen) atoms.